The lowest BCUT2D eigenvalue weighted by molar-refractivity contribution is -0.120. The summed E-state index contributed by atoms with van der Waals surface area (Å²) in [4.78, 5) is 27.1. The maximum atomic E-state index is 12.7. The van der Waals surface area contributed by atoms with Crippen LogP contribution in [0.1, 0.15) is 63.4 Å². The Morgan fingerprint density at radius 2 is 1.65 bits per heavy atom. The first-order valence-electron chi connectivity index (χ1n) is 10.7. The molecule has 171 valence electrons. The Labute approximate surface area is 198 Å². The molecule has 1 unspecified atom stereocenters. The van der Waals surface area contributed by atoms with Crippen molar-refractivity contribution in [3.8, 4) is 0 Å². The van der Waals surface area contributed by atoms with Gasteiger partial charge in [-0.15, -0.1) is 0 Å². The van der Waals surface area contributed by atoms with E-state index in [1.807, 2.05) is 11.0 Å². The van der Waals surface area contributed by atoms with E-state index < -0.39 is 0 Å². The molecular weight excluding hydrogens is 433 g/mol. The predicted octanol–water partition coefficient (Wildman–Crippen LogP) is 5.76. The van der Waals surface area contributed by atoms with Crippen molar-refractivity contribution in [2.45, 2.75) is 70.4 Å². The van der Waals surface area contributed by atoms with Crippen LogP contribution in [0.3, 0.4) is 0 Å². The largest absolute Gasteiger partial charge is 0.354 e. The Morgan fingerprint density at radius 3 is 2.32 bits per heavy atom. The number of nitrogens with zero attached hydrogens (tertiary/aromatic N) is 1. The monoisotopic (exact) mass is 466 g/mol. The van der Waals surface area contributed by atoms with Gasteiger partial charge in [-0.25, -0.2) is 4.79 Å². The third kappa shape index (κ3) is 8.19. The summed E-state index contributed by atoms with van der Waals surface area (Å²) in [5, 5.41) is 7.13. The summed E-state index contributed by atoms with van der Waals surface area (Å²) >= 11 is 12.1. The fourth-order valence-electron chi connectivity index (χ4n) is 4.15. The normalized spacial score (nSPS) is 19.4. The van der Waals surface area contributed by atoms with Crippen LogP contribution in [0.2, 0.25) is 10.0 Å². The fraction of sp³-hybridized carbons (Fsp3) is 0.542. The Hall–Kier alpha value is -1.46. The highest BCUT2D eigenvalue weighted by molar-refractivity contribution is 6.35. The number of halogens is 2. The summed E-state index contributed by atoms with van der Waals surface area (Å²) in [5.41, 5.74) is 0.828. The molecule has 2 N–H and O–H groups in total. The summed E-state index contributed by atoms with van der Waals surface area (Å²) in [6, 6.07) is 5.17. The van der Waals surface area contributed by atoms with Crippen LogP contribution in [0, 0.1) is 20.8 Å². The number of hydrogen-bond donors (Lipinski definition) is 2. The molecule has 1 aliphatic carbocycles. The molecule has 31 heavy (non-hydrogen) atoms. The molecule has 1 aromatic rings. The molecule has 7 heteroatoms. The van der Waals surface area contributed by atoms with E-state index in [1.54, 1.807) is 12.1 Å². The minimum atomic E-state index is -0.119. The molecule has 1 aromatic carbocycles. The van der Waals surface area contributed by atoms with E-state index in [-0.39, 0.29) is 32.8 Å². The number of urea groups is 1. The molecule has 3 rings (SSSR count). The van der Waals surface area contributed by atoms with Gasteiger partial charge in [-0.3, -0.25) is 4.79 Å². The van der Waals surface area contributed by atoms with E-state index in [9.17, 15) is 9.59 Å². The summed E-state index contributed by atoms with van der Waals surface area (Å²) in [6.45, 7) is 1.57. The molecule has 0 bridgehead atoms. The molecule has 5 nitrogen and oxygen atoms in total. The number of hydrogen-bond acceptors (Lipinski definition) is 2. The molecule has 1 atom stereocenters. The van der Waals surface area contributed by atoms with E-state index in [4.69, 9.17) is 23.2 Å². The standard InChI is InChI=1S/C22H30Cl2N3O2.2CH2/c23-18-11-10-17(20(24)13-18)14-26-22(29)27-12-6-9-19(27)15-25-21(28)16-7-4-2-1-3-5-8-16;;/h10-11,13,19H,1-9,12,14-15H2,(H,25,28)(H,26,29);2*1H2. The zero-order chi connectivity index (χ0) is 20.6. The van der Waals surface area contributed by atoms with Gasteiger partial charge in [0.2, 0.25) is 5.91 Å². The molecule has 3 amide bonds. The minimum Gasteiger partial charge on any atom is -0.354 e. The number of carbonyl (C=O) groups is 2. The Bertz CT molecular complexity index is 706. The Balaban J connectivity index is 0.00000240. The van der Waals surface area contributed by atoms with Crippen molar-refractivity contribution >= 4 is 35.1 Å². The van der Waals surface area contributed by atoms with Crippen molar-refractivity contribution < 1.29 is 9.59 Å². The number of likely N-dealkylation sites (tertiary alicyclic amines) is 1. The molecule has 2 fully saturated rings. The highest BCUT2D eigenvalue weighted by Crippen LogP contribution is 2.25. The molecule has 0 aromatic heterocycles. The SMILES string of the molecule is O=C(NCC1CCCN1C(=O)NCc1ccc(Cl)cc1Cl)[C]1CCCCCCC1.[CH2].[CH2]. The zero-order valence-electron chi connectivity index (χ0n) is 18.2. The number of amides is 3. The quantitative estimate of drug-likeness (QED) is 0.579. The van der Waals surface area contributed by atoms with Crippen LogP contribution in [0.15, 0.2) is 18.2 Å². The molecular formula is C24H34Cl2N3O2. The molecule has 1 aliphatic heterocycles. The van der Waals surface area contributed by atoms with Gasteiger partial charge in [0.25, 0.3) is 0 Å². The van der Waals surface area contributed by atoms with Crippen molar-refractivity contribution in [2.24, 2.45) is 0 Å². The van der Waals surface area contributed by atoms with E-state index in [0.717, 1.165) is 50.0 Å². The summed E-state index contributed by atoms with van der Waals surface area (Å²) in [7, 11) is 0. The van der Waals surface area contributed by atoms with Crippen molar-refractivity contribution in [1.29, 1.82) is 0 Å². The van der Waals surface area contributed by atoms with Gasteiger partial charge in [0.1, 0.15) is 0 Å². The minimum absolute atomic E-state index is 0. The lowest BCUT2D eigenvalue weighted by Gasteiger charge is -2.26. The van der Waals surface area contributed by atoms with Gasteiger partial charge in [-0.2, -0.15) is 0 Å². The molecule has 0 spiro atoms. The van der Waals surface area contributed by atoms with Gasteiger partial charge in [0, 0.05) is 29.7 Å². The first-order chi connectivity index (χ1) is 14.0. The predicted molar refractivity (Wildman–Crippen MR) is 128 cm³/mol. The molecule has 1 saturated heterocycles. The van der Waals surface area contributed by atoms with Gasteiger partial charge in [-0.1, -0.05) is 76.2 Å². The molecule has 1 heterocycles. The maximum absolute atomic E-state index is 12.7. The van der Waals surface area contributed by atoms with Crippen LogP contribution < -0.4 is 10.6 Å². The maximum Gasteiger partial charge on any atom is 0.317 e. The second-order valence-corrected chi connectivity index (χ2v) is 8.81. The molecule has 5 radical (unpaired) electrons. The van der Waals surface area contributed by atoms with Crippen LogP contribution in [-0.2, 0) is 11.3 Å². The van der Waals surface area contributed by atoms with Gasteiger partial charge < -0.3 is 15.5 Å². The fourth-order valence-corrected chi connectivity index (χ4v) is 4.62. The summed E-state index contributed by atoms with van der Waals surface area (Å²) in [6.07, 6.45) is 9.59. The average molecular weight is 467 g/mol. The lowest BCUT2D eigenvalue weighted by atomic mass is 9.90. The smallest absolute Gasteiger partial charge is 0.317 e. The lowest BCUT2D eigenvalue weighted by Crippen LogP contribution is -2.47. The van der Waals surface area contributed by atoms with E-state index in [2.05, 4.69) is 10.6 Å². The van der Waals surface area contributed by atoms with Gasteiger partial charge >= 0.3 is 6.03 Å². The van der Waals surface area contributed by atoms with E-state index in [0.29, 0.717) is 29.7 Å². The van der Waals surface area contributed by atoms with Gasteiger partial charge in [-0.05, 0) is 43.4 Å². The Morgan fingerprint density at radius 1 is 0.968 bits per heavy atom. The van der Waals surface area contributed by atoms with E-state index >= 15 is 0 Å². The molecule has 2 aliphatic rings. The first kappa shape index (κ1) is 27.6. The highest BCUT2D eigenvalue weighted by Gasteiger charge is 2.30. The van der Waals surface area contributed by atoms with Crippen molar-refractivity contribution in [3.63, 3.8) is 0 Å². The zero-order valence-corrected chi connectivity index (χ0v) is 19.7. The van der Waals surface area contributed by atoms with E-state index in [1.165, 1.54) is 19.3 Å². The van der Waals surface area contributed by atoms with Crippen LogP contribution in [0.5, 0.6) is 0 Å². The van der Waals surface area contributed by atoms with Crippen molar-refractivity contribution in [3.05, 3.63) is 54.6 Å². The van der Waals surface area contributed by atoms with Crippen molar-refractivity contribution in [2.75, 3.05) is 13.1 Å². The highest BCUT2D eigenvalue weighted by atomic mass is 35.5. The second kappa shape index (κ2) is 13.8. The second-order valence-electron chi connectivity index (χ2n) is 7.97. The summed E-state index contributed by atoms with van der Waals surface area (Å²) in [5.74, 6) is 1.10. The van der Waals surface area contributed by atoms with Crippen molar-refractivity contribution in [1.82, 2.24) is 15.5 Å². The van der Waals surface area contributed by atoms with Crippen LogP contribution in [-0.4, -0.2) is 36.0 Å². The van der Waals surface area contributed by atoms with Crippen LogP contribution in [0.25, 0.3) is 0 Å². The number of rotatable bonds is 5. The van der Waals surface area contributed by atoms with Gasteiger partial charge in [0.15, 0.2) is 0 Å². The third-order valence-corrected chi connectivity index (χ3v) is 6.45. The number of benzene rings is 1. The molecule has 1 saturated carbocycles. The Kier molecular flexibility index (Phi) is 12.3. The number of nitrogens with one attached hydrogen (secondary N) is 2. The topological polar surface area (TPSA) is 61.4 Å². The third-order valence-electron chi connectivity index (χ3n) is 5.86. The number of carbonyl (C=O) groups excluding carboxylic acids is 2. The first-order valence-corrected chi connectivity index (χ1v) is 11.4. The van der Waals surface area contributed by atoms with Crippen LogP contribution >= 0.6 is 23.2 Å². The summed E-state index contributed by atoms with van der Waals surface area (Å²) < 4.78 is 0. The average Bonchev–Trinajstić information content (AvgIpc) is 3.13. The van der Waals surface area contributed by atoms with Gasteiger partial charge in [0.05, 0.1) is 12.0 Å². The van der Waals surface area contributed by atoms with Crippen LogP contribution in [0.4, 0.5) is 4.79 Å².